The Balaban J connectivity index is 0.000000220. The van der Waals surface area contributed by atoms with Crippen LogP contribution in [-0.4, -0.2) is 17.9 Å². The van der Waals surface area contributed by atoms with Gasteiger partial charge >= 0.3 is 0 Å². The van der Waals surface area contributed by atoms with Crippen molar-refractivity contribution in [2.45, 2.75) is 104 Å². The first kappa shape index (κ1) is 31.7. The van der Waals surface area contributed by atoms with Crippen LogP contribution in [0, 0.1) is 28.4 Å². The van der Waals surface area contributed by atoms with Crippen molar-refractivity contribution in [1.82, 2.24) is 10.6 Å². The molecule has 2 aromatic rings. The number of amides is 2. The van der Waals surface area contributed by atoms with Crippen LogP contribution in [0.4, 0.5) is 8.78 Å². The summed E-state index contributed by atoms with van der Waals surface area (Å²) in [6, 6.07) is 12.6. The third-order valence-electron chi connectivity index (χ3n) is 9.04. The van der Waals surface area contributed by atoms with Crippen molar-refractivity contribution in [3.8, 4) is 0 Å². The van der Waals surface area contributed by atoms with Crippen molar-refractivity contribution >= 4 is 11.8 Å². The second-order valence-electron chi connectivity index (χ2n) is 12.6. The zero-order valence-corrected chi connectivity index (χ0v) is 24.7. The average Bonchev–Trinajstić information content (AvgIpc) is 2.93. The van der Waals surface area contributed by atoms with Gasteiger partial charge in [0.2, 0.25) is 11.8 Å². The molecule has 2 amide bonds. The predicted molar refractivity (Wildman–Crippen MR) is 156 cm³/mol. The normalized spacial score (nSPS) is 27.9. The molecule has 2 saturated carbocycles. The summed E-state index contributed by atoms with van der Waals surface area (Å²) in [7, 11) is 0. The fourth-order valence-electron chi connectivity index (χ4n) is 5.54. The topological polar surface area (TPSA) is 84.2 Å². The van der Waals surface area contributed by atoms with Crippen LogP contribution in [0.3, 0.4) is 0 Å². The van der Waals surface area contributed by atoms with Crippen molar-refractivity contribution < 1.29 is 18.4 Å². The summed E-state index contributed by atoms with van der Waals surface area (Å²) >= 11 is 0. The number of benzene rings is 2. The van der Waals surface area contributed by atoms with E-state index in [4.69, 9.17) is 5.73 Å². The molecule has 40 heavy (non-hydrogen) atoms. The molecule has 2 aliphatic rings. The van der Waals surface area contributed by atoms with Gasteiger partial charge in [-0.25, -0.2) is 8.78 Å². The Morgan fingerprint density at radius 3 is 1.40 bits per heavy atom. The Morgan fingerprint density at radius 1 is 0.725 bits per heavy atom. The lowest BCUT2D eigenvalue weighted by Gasteiger charge is -2.35. The summed E-state index contributed by atoms with van der Waals surface area (Å²) in [4.78, 5) is 24.9. The Labute approximate surface area is 238 Å². The van der Waals surface area contributed by atoms with Crippen molar-refractivity contribution in [2.24, 2.45) is 22.5 Å². The van der Waals surface area contributed by atoms with Gasteiger partial charge in [0.25, 0.3) is 0 Å². The van der Waals surface area contributed by atoms with E-state index in [-0.39, 0.29) is 52.4 Å². The largest absolute Gasteiger partial charge is 0.349 e. The molecule has 5 nitrogen and oxygen atoms in total. The molecule has 4 rings (SSSR count). The van der Waals surface area contributed by atoms with Gasteiger partial charge in [-0.05, 0) is 107 Å². The second-order valence-corrected chi connectivity index (χ2v) is 12.6. The third kappa shape index (κ3) is 8.60. The van der Waals surface area contributed by atoms with Crippen molar-refractivity contribution in [2.75, 3.05) is 0 Å². The number of rotatable bonds is 6. The van der Waals surface area contributed by atoms with Crippen molar-refractivity contribution in [3.63, 3.8) is 0 Å². The van der Waals surface area contributed by atoms with Gasteiger partial charge in [-0.3, -0.25) is 9.59 Å². The van der Waals surface area contributed by atoms with Crippen LogP contribution in [-0.2, 0) is 9.59 Å². The highest BCUT2D eigenvalue weighted by Crippen LogP contribution is 2.39. The Hall–Kier alpha value is -2.80. The molecule has 0 aromatic heterocycles. The van der Waals surface area contributed by atoms with Crippen LogP contribution in [0.2, 0.25) is 0 Å². The van der Waals surface area contributed by atoms with Gasteiger partial charge in [0.1, 0.15) is 11.6 Å². The van der Waals surface area contributed by atoms with Gasteiger partial charge in [-0.1, -0.05) is 45.0 Å². The molecule has 2 atom stereocenters. The standard InChI is InChI=1S/C17H24FNO.C16H23FN2O/c1-12-8-10-17(3,11-9-12)16(20)19-13(2)14-4-6-15(18)7-5-14;1-11(12-3-5-13(17)6-4-12)19-15(20)16(2)9-7-14(18)8-10-16/h4-7,12-13H,8-11H2,1-3H3,(H,19,20);3-6,11,14H,7-10,18H2,1-2H3,(H,19,20)/t12?,13-,17?;11-,14?,16?/m11/s1. The Kier molecular flexibility index (Phi) is 10.9. The third-order valence-corrected chi connectivity index (χ3v) is 9.04. The van der Waals surface area contributed by atoms with Gasteiger partial charge in [0.05, 0.1) is 12.1 Å². The lowest BCUT2D eigenvalue weighted by atomic mass is 9.71. The number of halogens is 2. The smallest absolute Gasteiger partial charge is 0.226 e. The monoisotopic (exact) mass is 555 g/mol. The van der Waals surface area contributed by atoms with Gasteiger partial charge in [-0.15, -0.1) is 0 Å². The highest BCUT2D eigenvalue weighted by molar-refractivity contribution is 5.83. The number of hydrogen-bond acceptors (Lipinski definition) is 3. The molecule has 0 saturated heterocycles. The van der Waals surface area contributed by atoms with E-state index in [1.54, 1.807) is 24.3 Å². The average molecular weight is 556 g/mol. The highest BCUT2D eigenvalue weighted by Gasteiger charge is 2.38. The number of carbonyl (C=O) groups excluding carboxylic acids is 2. The zero-order chi connectivity index (χ0) is 29.5. The van der Waals surface area contributed by atoms with Crippen LogP contribution in [0.1, 0.15) is 109 Å². The molecular formula is C33H47F2N3O2. The minimum absolute atomic E-state index is 0.0706. The van der Waals surface area contributed by atoms with E-state index >= 15 is 0 Å². The molecular weight excluding hydrogens is 508 g/mol. The van der Waals surface area contributed by atoms with E-state index in [0.29, 0.717) is 0 Å². The molecule has 0 heterocycles. The van der Waals surface area contributed by atoms with Crippen LogP contribution >= 0.6 is 0 Å². The van der Waals surface area contributed by atoms with E-state index in [2.05, 4.69) is 24.5 Å². The summed E-state index contributed by atoms with van der Waals surface area (Å²) in [6.45, 7) is 10.2. The molecule has 2 fully saturated rings. The van der Waals surface area contributed by atoms with E-state index in [0.717, 1.165) is 68.4 Å². The molecule has 0 aliphatic heterocycles. The maximum Gasteiger partial charge on any atom is 0.226 e. The maximum atomic E-state index is 12.9. The molecule has 2 aliphatic carbocycles. The second kappa shape index (κ2) is 13.7. The van der Waals surface area contributed by atoms with E-state index in [1.165, 1.54) is 24.3 Å². The van der Waals surface area contributed by atoms with Gasteiger partial charge in [0, 0.05) is 16.9 Å². The van der Waals surface area contributed by atoms with Gasteiger partial charge < -0.3 is 16.4 Å². The van der Waals surface area contributed by atoms with Crippen LogP contribution in [0.25, 0.3) is 0 Å². The quantitative estimate of drug-likeness (QED) is 0.355. The van der Waals surface area contributed by atoms with Crippen LogP contribution in [0.15, 0.2) is 48.5 Å². The van der Waals surface area contributed by atoms with Gasteiger partial charge in [-0.2, -0.15) is 0 Å². The van der Waals surface area contributed by atoms with Crippen LogP contribution < -0.4 is 16.4 Å². The molecule has 220 valence electrons. The summed E-state index contributed by atoms with van der Waals surface area (Å²) < 4.78 is 25.8. The zero-order valence-electron chi connectivity index (χ0n) is 24.7. The molecule has 2 aromatic carbocycles. The molecule has 0 unspecified atom stereocenters. The number of nitrogens with one attached hydrogen (secondary N) is 2. The maximum absolute atomic E-state index is 12.9. The van der Waals surface area contributed by atoms with E-state index < -0.39 is 0 Å². The molecule has 0 radical (unpaired) electrons. The minimum atomic E-state index is -0.329. The molecule has 0 bridgehead atoms. The lowest BCUT2D eigenvalue weighted by molar-refractivity contribution is -0.133. The van der Waals surface area contributed by atoms with E-state index in [1.807, 2.05) is 20.8 Å². The first-order valence-electron chi connectivity index (χ1n) is 14.7. The number of hydrogen-bond donors (Lipinski definition) is 3. The van der Waals surface area contributed by atoms with E-state index in [9.17, 15) is 18.4 Å². The van der Waals surface area contributed by atoms with Crippen molar-refractivity contribution in [3.05, 3.63) is 71.3 Å². The fraction of sp³-hybridized carbons (Fsp3) is 0.576. The summed E-state index contributed by atoms with van der Waals surface area (Å²) in [5.41, 5.74) is 7.17. The highest BCUT2D eigenvalue weighted by atomic mass is 19.1. The molecule has 0 spiro atoms. The summed E-state index contributed by atoms with van der Waals surface area (Å²) in [6.07, 6.45) is 7.60. The van der Waals surface area contributed by atoms with Gasteiger partial charge in [0.15, 0.2) is 0 Å². The minimum Gasteiger partial charge on any atom is -0.349 e. The van der Waals surface area contributed by atoms with Crippen molar-refractivity contribution in [1.29, 1.82) is 0 Å². The lowest BCUT2D eigenvalue weighted by Crippen LogP contribution is -2.44. The number of carbonyl (C=O) groups is 2. The SMILES string of the molecule is CC1CCC(C)(C(=O)N[C@H](C)c2ccc(F)cc2)CC1.C[C@@H](NC(=O)C1(C)CCC(N)CC1)c1ccc(F)cc1. The summed E-state index contributed by atoms with van der Waals surface area (Å²) in [5.74, 6) is 0.411. The Bertz CT molecular complexity index is 1010. The predicted octanol–water partition coefficient (Wildman–Crippen LogP) is 7.13. The molecule has 4 N–H and O–H groups in total. The molecule has 7 heteroatoms. The first-order valence-corrected chi connectivity index (χ1v) is 14.7. The Morgan fingerprint density at radius 2 is 1.05 bits per heavy atom. The first-order chi connectivity index (χ1) is 18.8. The number of nitrogens with two attached hydrogens (primary N) is 1. The fourth-order valence-corrected chi connectivity index (χ4v) is 5.54. The summed E-state index contributed by atoms with van der Waals surface area (Å²) in [5, 5.41) is 6.12. The van der Waals surface area contributed by atoms with Crippen LogP contribution in [0.5, 0.6) is 0 Å².